The summed E-state index contributed by atoms with van der Waals surface area (Å²) in [5.74, 6) is -0.912. The molecule has 0 radical (unpaired) electrons. The van der Waals surface area contributed by atoms with Gasteiger partial charge in [0.15, 0.2) is 0 Å². The third-order valence-electron chi connectivity index (χ3n) is 4.99. The number of nitrogens with zero attached hydrogens (tertiary/aromatic N) is 2. The molecule has 0 atom stereocenters. The lowest BCUT2D eigenvalue weighted by Gasteiger charge is -2.29. The van der Waals surface area contributed by atoms with Crippen molar-refractivity contribution in [3.8, 4) is 5.75 Å². The number of methoxy groups -OCH3 is 1. The maximum absolute atomic E-state index is 13.0. The quantitative estimate of drug-likeness (QED) is 0.618. The lowest BCUT2D eigenvalue weighted by Crippen LogP contribution is -2.54. The molecule has 0 aromatic heterocycles. The minimum absolute atomic E-state index is 0.114. The van der Waals surface area contributed by atoms with Crippen LogP contribution >= 0.6 is 0 Å². The predicted molar refractivity (Wildman–Crippen MR) is 111 cm³/mol. The molecule has 2 aliphatic heterocycles. The van der Waals surface area contributed by atoms with E-state index in [0.717, 1.165) is 23.7 Å². The fourth-order valence-corrected chi connectivity index (χ4v) is 3.41. The number of hydrogen-bond donors (Lipinski definition) is 1. The van der Waals surface area contributed by atoms with Crippen LogP contribution in [-0.2, 0) is 14.3 Å². The van der Waals surface area contributed by atoms with Crippen LogP contribution < -0.4 is 19.9 Å². The Labute approximate surface area is 173 Å². The van der Waals surface area contributed by atoms with Gasteiger partial charge in [-0.05, 0) is 35.9 Å². The van der Waals surface area contributed by atoms with Crippen molar-refractivity contribution in [3.05, 3.63) is 59.7 Å². The van der Waals surface area contributed by atoms with Gasteiger partial charge in [-0.1, -0.05) is 18.2 Å². The minimum Gasteiger partial charge on any atom is -0.497 e. The standard InChI is InChI=1S/C22H21N3O5/c1-29-18-4-2-3-17(14-18)25-21(27)19(20(26)23-22(25)28)13-15-5-7-16(8-6-15)24-9-11-30-12-10-24/h2-8,13-14H,9-12H2,1H3,(H,23,26,28)/b19-13+. The molecule has 8 nitrogen and oxygen atoms in total. The number of ether oxygens (including phenoxy) is 2. The Morgan fingerprint density at radius 2 is 1.73 bits per heavy atom. The van der Waals surface area contributed by atoms with Crippen LogP contribution in [0.1, 0.15) is 5.56 Å². The van der Waals surface area contributed by atoms with Crippen molar-refractivity contribution in [1.29, 1.82) is 0 Å². The Kier molecular flexibility index (Phi) is 5.49. The lowest BCUT2D eigenvalue weighted by molar-refractivity contribution is -0.122. The zero-order valence-corrected chi connectivity index (χ0v) is 16.5. The van der Waals surface area contributed by atoms with E-state index in [1.807, 2.05) is 24.3 Å². The SMILES string of the molecule is COc1cccc(N2C(=O)NC(=O)/C(=C\c3ccc(N4CCOCC4)cc3)C2=O)c1. The van der Waals surface area contributed by atoms with Gasteiger partial charge in [-0.2, -0.15) is 0 Å². The van der Waals surface area contributed by atoms with Crippen LogP contribution in [0, 0.1) is 0 Å². The first-order valence-corrected chi connectivity index (χ1v) is 9.55. The highest BCUT2D eigenvalue weighted by Crippen LogP contribution is 2.26. The highest BCUT2D eigenvalue weighted by Gasteiger charge is 2.36. The average molecular weight is 407 g/mol. The second-order valence-corrected chi connectivity index (χ2v) is 6.85. The summed E-state index contributed by atoms with van der Waals surface area (Å²) in [6.45, 7) is 3.01. The van der Waals surface area contributed by atoms with E-state index in [9.17, 15) is 14.4 Å². The molecule has 0 bridgehead atoms. The molecule has 2 fully saturated rings. The van der Waals surface area contributed by atoms with E-state index >= 15 is 0 Å². The van der Waals surface area contributed by atoms with Gasteiger partial charge in [0.2, 0.25) is 0 Å². The number of hydrogen-bond acceptors (Lipinski definition) is 6. The van der Waals surface area contributed by atoms with Gasteiger partial charge in [0.1, 0.15) is 11.3 Å². The second-order valence-electron chi connectivity index (χ2n) is 6.85. The molecule has 154 valence electrons. The van der Waals surface area contributed by atoms with Crippen molar-refractivity contribution in [2.45, 2.75) is 0 Å². The first-order chi connectivity index (χ1) is 14.6. The zero-order valence-electron chi connectivity index (χ0n) is 16.5. The number of rotatable bonds is 4. The van der Waals surface area contributed by atoms with E-state index in [-0.39, 0.29) is 5.57 Å². The van der Waals surface area contributed by atoms with Crippen LogP contribution in [0.15, 0.2) is 54.1 Å². The topological polar surface area (TPSA) is 88.2 Å². The number of morpholine rings is 1. The average Bonchev–Trinajstić information content (AvgIpc) is 2.78. The van der Waals surface area contributed by atoms with Gasteiger partial charge in [0.25, 0.3) is 11.8 Å². The van der Waals surface area contributed by atoms with Gasteiger partial charge < -0.3 is 14.4 Å². The number of barbiturate groups is 1. The normalized spacial score (nSPS) is 18.6. The fraction of sp³-hybridized carbons (Fsp3) is 0.227. The van der Waals surface area contributed by atoms with E-state index in [1.165, 1.54) is 13.2 Å². The number of carbonyl (C=O) groups excluding carboxylic acids is 3. The first-order valence-electron chi connectivity index (χ1n) is 9.55. The summed E-state index contributed by atoms with van der Waals surface area (Å²) in [5, 5.41) is 2.23. The highest BCUT2D eigenvalue weighted by atomic mass is 16.5. The monoisotopic (exact) mass is 407 g/mol. The smallest absolute Gasteiger partial charge is 0.335 e. The summed E-state index contributed by atoms with van der Waals surface area (Å²) >= 11 is 0. The summed E-state index contributed by atoms with van der Waals surface area (Å²) < 4.78 is 10.5. The molecule has 2 saturated heterocycles. The zero-order chi connectivity index (χ0) is 21.1. The molecular formula is C22H21N3O5. The number of anilines is 2. The van der Waals surface area contributed by atoms with E-state index in [0.29, 0.717) is 30.2 Å². The maximum atomic E-state index is 13.0. The van der Waals surface area contributed by atoms with Crippen LogP contribution in [0.4, 0.5) is 16.2 Å². The number of amides is 4. The summed E-state index contributed by atoms with van der Waals surface area (Å²) in [7, 11) is 1.49. The van der Waals surface area contributed by atoms with Crippen molar-refractivity contribution in [3.63, 3.8) is 0 Å². The Balaban J connectivity index is 1.60. The van der Waals surface area contributed by atoms with Gasteiger partial charge in [-0.3, -0.25) is 14.9 Å². The van der Waals surface area contributed by atoms with Gasteiger partial charge in [-0.25, -0.2) is 9.69 Å². The third kappa shape index (κ3) is 3.90. The van der Waals surface area contributed by atoms with Crippen LogP contribution in [0.5, 0.6) is 5.75 Å². The Morgan fingerprint density at radius 1 is 1.00 bits per heavy atom. The molecule has 0 unspecified atom stereocenters. The molecule has 0 aliphatic carbocycles. The van der Waals surface area contributed by atoms with E-state index in [2.05, 4.69) is 10.2 Å². The van der Waals surface area contributed by atoms with Crippen molar-refractivity contribution >= 4 is 35.3 Å². The second kappa shape index (κ2) is 8.38. The molecule has 2 heterocycles. The molecular weight excluding hydrogens is 386 g/mol. The molecule has 30 heavy (non-hydrogen) atoms. The fourth-order valence-electron chi connectivity index (χ4n) is 3.41. The molecule has 8 heteroatoms. The summed E-state index contributed by atoms with van der Waals surface area (Å²) in [5.41, 5.74) is 1.94. The van der Waals surface area contributed by atoms with Crippen molar-refractivity contribution in [1.82, 2.24) is 5.32 Å². The number of urea groups is 1. The highest BCUT2D eigenvalue weighted by molar-refractivity contribution is 6.39. The van der Waals surface area contributed by atoms with Crippen LogP contribution in [0.3, 0.4) is 0 Å². The Hall–Kier alpha value is -3.65. The number of carbonyl (C=O) groups is 3. The third-order valence-corrected chi connectivity index (χ3v) is 4.99. The summed E-state index contributed by atoms with van der Waals surface area (Å²) in [6, 6.07) is 13.3. The van der Waals surface area contributed by atoms with Gasteiger partial charge in [-0.15, -0.1) is 0 Å². The molecule has 0 saturated carbocycles. The van der Waals surface area contributed by atoms with Crippen LogP contribution in [-0.4, -0.2) is 51.3 Å². The Morgan fingerprint density at radius 3 is 2.43 bits per heavy atom. The van der Waals surface area contributed by atoms with E-state index in [4.69, 9.17) is 9.47 Å². The maximum Gasteiger partial charge on any atom is 0.335 e. The van der Waals surface area contributed by atoms with Crippen molar-refractivity contribution < 1.29 is 23.9 Å². The molecule has 0 spiro atoms. The lowest BCUT2D eigenvalue weighted by atomic mass is 10.1. The molecule has 4 amide bonds. The van der Waals surface area contributed by atoms with Gasteiger partial charge >= 0.3 is 6.03 Å². The van der Waals surface area contributed by atoms with Crippen molar-refractivity contribution in [2.75, 3.05) is 43.2 Å². The van der Waals surface area contributed by atoms with Gasteiger partial charge in [0.05, 0.1) is 26.0 Å². The minimum atomic E-state index is -0.793. The molecule has 1 N–H and O–H groups in total. The summed E-state index contributed by atoms with van der Waals surface area (Å²) in [4.78, 5) is 40.8. The van der Waals surface area contributed by atoms with E-state index in [1.54, 1.807) is 24.3 Å². The van der Waals surface area contributed by atoms with Crippen LogP contribution in [0.2, 0.25) is 0 Å². The number of benzene rings is 2. The number of imide groups is 2. The number of nitrogens with one attached hydrogen (secondary N) is 1. The molecule has 2 aliphatic rings. The largest absolute Gasteiger partial charge is 0.497 e. The van der Waals surface area contributed by atoms with Crippen molar-refractivity contribution in [2.24, 2.45) is 0 Å². The Bertz CT molecular complexity index is 1010. The van der Waals surface area contributed by atoms with E-state index < -0.39 is 17.8 Å². The first kappa shape index (κ1) is 19.7. The molecule has 4 rings (SSSR count). The predicted octanol–water partition coefficient (Wildman–Crippen LogP) is 2.20. The van der Waals surface area contributed by atoms with Gasteiger partial charge in [0, 0.05) is 24.8 Å². The summed E-state index contributed by atoms with van der Waals surface area (Å²) in [6.07, 6.45) is 1.49. The molecule has 2 aromatic carbocycles. The van der Waals surface area contributed by atoms with Crippen LogP contribution in [0.25, 0.3) is 6.08 Å². The molecule has 2 aromatic rings.